The molecule has 1 aromatic carbocycles. The minimum absolute atomic E-state index is 0.0234. The number of nitro groups is 1. The van der Waals surface area contributed by atoms with Gasteiger partial charge in [-0.25, -0.2) is 4.79 Å². The molecule has 0 spiro atoms. The van der Waals surface area contributed by atoms with Gasteiger partial charge >= 0.3 is 5.97 Å². The first-order valence-electron chi connectivity index (χ1n) is 7.23. The highest BCUT2D eigenvalue weighted by molar-refractivity contribution is 7.20. The van der Waals surface area contributed by atoms with E-state index in [1.807, 2.05) is 0 Å². The molecule has 0 aliphatic carbocycles. The Balaban J connectivity index is 1.80. The first kappa shape index (κ1) is 16.3. The SMILES string of the molecule is O=C(c1cc2cc([N+](=O)[O-])ccc2s1)N1CCC(O)(C(=O)O)CC1. The molecule has 9 heteroatoms. The van der Waals surface area contributed by atoms with Crippen LogP contribution in [0.3, 0.4) is 0 Å². The summed E-state index contributed by atoms with van der Waals surface area (Å²) >= 11 is 1.23. The Morgan fingerprint density at radius 2 is 1.92 bits per heavy atom. The van der Waals surface area contributed by atoms with Crippen LogP contribution in [0, 0.1) is 10.1 Å². The molecule has 126 valence electrons. The second-order valence-corrected chi connectivity index (χ2v) is 6.80. The molecule has 0 atom stereocenters. The fourth-order valence-corrected chi connectivity index (χ4v) is 3.71. The van der Waals surface area contributed by atoms with Crippen molar-refractivity contribution in [3.8, 4) is 0 Å². The third-order valence-electron chi connectivity index (χ3n) is 4.20. The Labute approximate surface area is 140 Å². The molecule has 1 aliphatic rings. The van der Waals surface area contributed by atoms with Crippen LogP contribution in [-0.2, 0) is 4.79 Å². The lowest BCUT2D eigenvalue weighted by Crippen LogP contribution is -2.50. The molecule has 0 saturated carbocycles. The van der Waals surface area contributed by atoms with Gasteiger partial charge in [0, 0.05) is 48.2 Å². The number of carbonyl (C=O) groups excluding carboxylic acids is 1. The number of fused-ring (bicyclic) bond motifs is 1. The van der Waals surface area contributed by atoms with Crippen molar-refractivity contribution in [3.05, 3.63) is 39.3 Å². The molecule has 2 aromatic rings. The smallest absolute Gasteiger partial charge is 0.335 e. The molecule has 0 radical (unpaired) electrons. The summed E-state index contributed by atoms with van der Waals surface area (Å²) in [6.45, 7) is 0.298. The number of carbonyl (C=O) groups is 2. The maximum absolute atomic E-state index is 12.5. The molecule has 24 heavy (non-hydrogen) atoms. The van der Waals surface area contributed by atoms with Crippen molar-refractivity contribution >= 4 is 39.0 Å². The molecule has 1 aliphatic heterocycles. The number of carboxylic acids is 1. The first-order chi connectivity index (χ1) is 11.3. The van der Waals surface area contributed by atoms with Crippen LogP contribution in [-0.4, -0.2) is 50.6 Å². The topological polar surface area (TPSA) is 121 Å². The molecule has 1 saturated heterocycles. The number of nitrogens with zero attached hydrogens (tertiary/aromatic N) is 2. The summed E-state index contributed by atoms with van der Waals surface area (Å²) < 4.78 is 0.767. The largest absolute Gasteiger partial charge is 0.479 e. The monoisotopic (exact) mass is 350 g/mol. The number of non-ortho nitro benzene ring substituents is 1. The molecule has 1 amide bonds. The number of aliphatic carboxylic acids is 1. The Kier molecular flexibility index (Phi) is 3.98. The third kappa shape index (κ3) is 2.83. The predicted molar refractivity (Wildman–Crippen MR) is 86.2 cm³/mol. The van der Waals surface area contributed by atoms with Crippen molar-refractivity contribution in [2.45, 2.75) is 18.4 Å². The number of piperidine rings is 1. The second kappa shape index (κ2) is 5.84. The van der Waals surface area contributed by atoms with Gasteiger partial charge < -0.3 is 15.1 Å². The van der Waals surface area contributed by atoms with E-state index in [1.165, 1.54) is 28.4 Å². The lowest BCUT2D eigenvalue weighted by atomic mass is 9.91. The predicted octanol–water partition coefficient (Wildman–Crippen LogP) is 1.86. The maximum Gasteiger partial charge on any atom is 0.335 e. The summed E-state index contributed by atoms with van der Waals surface area (Å²) in [5.41, 5.74) is -1.82. The number of benzene rings is 1. The number of rotatable bonds is 3. The number of carboxylic acid groups (broad SMARTS) is 1. The molecule has 1 fully saturated rings. The van der Waals surface area contributed by atoms with E-state index in [-0.39, 0.29) is 37.5 Å². The van der Waals surface area contributed by atoms with Gasteiger partial charge in [0.05, 0.1) is 9.80 Å². The lowest BCUT2D eigenvalue weighted by Gasteiger charge is -2.35. The lowest BCUT2D eigenvalue weighted by molar-refractivity contribution is -0.384. The van der Waals surface area contributed by atoms with Gasteiger partial charge in [-0.2, -0.15) is 0 Å². The van der Waals surface area contributed by atoms with Gasteiger partial charge in [0.2, 0.25) is 0 Å². The van der Waals surface area contributed by atoms with Crippen LogP contribution in [0.5, 0.6) is 0 Å². The fraction of sp³-hybridized carbons (Fsp3) is 0.333. The Morgan fingerprint density at radius 3 is 2.50 bits per heavy atom. The highest BCUT2D eigenvalue weighted by Crippen LogP contribution is 2.31. The van der Waals surface area contributed by atoms with Crippen molar-refractivity contribution in [1.29, 1.82) is 0 Å². The summed E-state index contributed by atoms with van der Waals surface area (Å²) in [7, 11) is 0. The summed E-state index contributed by atoms with van der Waals surface area (Å²) in [6.07, 6.45) is -0.0467. The zero-order chi connectivity index (χ0) is 17.5. The number of amides is 1. The van der Waals surface area contributed by atoms with Crippen LogP contribution in [0.15, 0.2) is 24.3 Å². The van der Waals surface area contributed by atoms with E-state index in [0.29, 0.717) is 10.3 Å². The van der Waals surface area contributed by atoms with Crippen LogP contribution in [0.4, 0.5) is 5.69 Å². The molecule has 2 heterocycles. The van der Waals surface area contributed by atoms with Gasteiger partial charge in [-0.1, -0.05) is 0 Å². The van der Waals surface area contributed by atoms with Gasteiger partial charge in [-0.3, -0.25) is 14.9 Å². The van der Waals surface area contributed by atoms with E-state index in [2.05, 4.69) is 0 Å². The third-order valence-corrected chi connectivity index (χ3v) is 5.30. The minimum atomic E-state index is -1.78. The fourth-order valence-electron chi connectivity index (χ4n) is 2.70. The van der Waals surface area contributed by atoms with Gasteiger partial charge in [-0.15, -0.1) is 11.3 Å². The average molecular weight is 350 g/mol. The number of likely N-dealkylation sites (tertiary alicyclic amines) is 1. The molecule has 0 unspecified atom stereocenters. The normalized spacial score (nSPS) is 17.0. The van der Waals surface area contributed by atoms with E-state index in [1.54, 1.807) is 12.1 Å². The highest BCUT2D eigenvalue weighted by atomic mass is 32.1. The van der Waals surface area contributed by atoms with Crippen molar-refractivity contribution < 1.29 is 24.7 Å². The number of nitro benzene ring substituents is 1. The first-order valence-corrected chi connectivity index (χ1v) is 8.05. The molecular formula is C15H14N2O6S. The van der Waals surface area contributed by atoms with E-state index in [4.69, 9.17) is 5.11 Å². The summed E-state index contributed by atoms with van der Waals surface area (Å²) in [5, 5.41) is 30.3. The quantitative estimate of drug-likeness (QED) is 0.644. The Hall–Kier alpha value is -2.52. The Morgan fingerprint density at radius 1 is 1.25 bits per heavy atom. The molecule has 2 N–H and O–H groups in total. The van der Waals surface area contributed by atoms with Crippen LogP contribution in [0.1, 0.15) is 22.5 Å². The van der Waals surface area contributed by atoms with E-state index < -0.39 is 16.5 Å². The van der Waals surface area contributed by atoms with Crippen LogP contribution < -0.4 is 0 Å². The summed E-state index contributed by atoms with van der Waals surface area (Å²) in [5.74, 6) is -1.53. The Bertz CT molecular complexity index is 838. The van der Waals surface area contributed by atoms with E-state index in [0.717, 1.165) is 4.70 Å². The number of thiophene rings is 1. The maximum atomic E-state index is 12.5. The van der Waals surface area contributed by atoms with E-state index >= 15 is 0 Å². The zero-order valence-corrected chi connectivity index (χ0v) is 13.3. The summed E-state index contributed by atoms with van der Waals surface area (Å²) in [4.78, 5) is 35.8. The van der Waals surface area contributed by atoms with Crippen molar-refractivity contribution in [1.82, 2.24) is 4.90 Å². The van der Waals surface area contributed by atoms with Gasteiger partial charge in [0.25, 0.3) is 11.6 Å². The van der Waals surface area contributed by atoms with Crippen LogP contribution in [0.25, 0.3) is 10.1 Å². The summed E-state index contributed by atoms with van der Waals surface area (Å²) in [6, 6.07) is 6.02. The second-order valence-electron chi connectivity index (χ2n) is 5.72. The van der Waals surface area contributed by atoms with Crippen molar-refractivity contribution in [2.75, 3.05) is 13.1 Å². The molecule has 1 aromatic heterocycles. The standard InChI is InChI=1S/C15H14N2O6S/c18-13(16-5-3-15(21,4-6-16)14(19)20)12-8-9-7-10(17(22)23)1-2-11(9)24-12/h1-2,7-8,21H,3-6H2,(H,19,20). The van der Waals surface area contributed by atoms with Crippen LogP contribution >= 0.6 is 11.3 Å². The molecule has 3 rings (SSSR count). The zero-order valence-electron chi connectivity index (χ0n) is 12.5. The highest BCUT2D eigenvalue weighted by Gasteiger charge is 2.40. The van der Waals surface area contributed by atoms with Gasteiger partial charge in [0.15, 0.2) is 5.60 Å². The van der Waals surface area contributed by atoms with Crippen molar-refractivity contribution in [3.63, 3.8) is 0 Å². The molecule has 8 nitrogen and oxygen atoms in total. The van der Waals surface area contributed by atoms with E-state index in [9.17, 15) is 24.8 Å². The number of aliphatic hydroxyl groups is 1. The van der Waals surface area contributed by atoms with Gasteiger partial charge in [0.1, 0.15) is 0 Å². The number of hydrogen-bond donors (Lipinski definition) is 2. The van der Waals surface area contributed by atoms with Crippen molar-refractivity contribution in [2.24, 2.45) is 0 Å². The van der Waals surface area contributed by atoms with Gasteiger partial charge in [-0.05, 0) is 12.1 Å². The molecule has 0 bridgehead atoms. The molecular weight excluding hydrogens is 336 g/mol. The van der Waals surface area contributed by atoms with Crippen LogP contribution in [0.2, 0.25) is 0 Å². The number of hydrogen-bond acceptors (Lipinski definition) is 6. The minimum Gasteiger partial charge on any atom is -0.479 e. The average Bonchev–Trinajstić information content (AvgIpc) is 2.97.